The lowest BCUT2D eigenvalue weighted by Gasteiger charge is -2.30. The van der Waals surface area contributed by atoms with Crippen LogP contribution >= 0.6 is 11.8 Å². The highest BCUT2D eigenvalue weighted by molar-refractivity contribution is 7.99. The predicted molar refractivity (Wildman–Crippen MR) is 114 cm³/mol. The highest BCUT2D eigenvalue weighted by atomic mass is 32.2. The molecule has 0 aliphatic carbocycles. The van der Waals surface area contributed by atoms with Gasteiger partial charge in [0.05, 0.1) is 22.5 Å². The Labute approximate surface area is 176 Å². The minimum Gasteiger partial charge on any atom is -0.452 e. The van der Waals surface area contributed by atoms with Crippen molar-refractivity contribution in [2.45, 2.75) is 9.79 Å². The number of para-hydroxylation sites is 3. The SMILES string of the molecule is O=C(OCC(=O)N1c2ccccc2Sc2ccccc21)c1cccc2nccnc12. The number of hydrogen-bond acceptors (Lipinski definition) is 6. The predicted octanol–water partition coefficient (Wildman–Crippen LogP) is 4.62. The summed E-state index contributed by atoms with van der Waals surface area (Å²) < 4.78 is 5.38. The van der Waals surface area contributed by atoms with Crippen molar-refractivity contribution in [2.75, 3.05) is 11.5 Å². The Morgan fingerprint density at radius 1 is 0.833 bits per heavy atom. The fourth-order valence-electron chi connectivity index (χ4n) is 3.40. The molecule has 0 N–H and O–H groups in total. The lowest BCUT2D eigenvalue weighted by molar-refractivity contribution is -0.121. The molecule has 0 atom stereocenters. The third-order valence-electron chi connectivity index (χ3n) is 4.73. The number of carbonyl (C=O) groups is 2. The van der Waals surface area contributed by atoms with Gasteiger partial charge in [-0.15, -0.1) is 0 Å². The van der Waals surface area contributed by atoms with E-state index in [1.54, 1.807) is 41.1 Å². The summed E-state index contributed by atoms with van der Waals surface area (Å²) in [7, 11) is 0. The van der Waals surface area contributed by atoms with E-state index in [1.165, 1.54) is 6.20 Å². The quantitative estimate of drug-likeness (QED) is 0.457. The normalized spacial score (nSPS) is 12.2. The monoisotopic (exact) mass is 413 g/mol. The smallest absolute Gasteiger partial charge is 0.340 e. The molecule has 1 aliphatic heterocycles. The molecule has 146 valence electrons. The maximum Gasteiger partial charge on any atom is 0.340 e. The van der Waals surface area contributed by atoms with Crippen molar-refractivity contribution >= 4 is 46.0 Å². The first-order valence-electron chi connectivity index (χ1n) is 9.28. The van der Waals surface area contributed by atoms with Crippen molar-refractivity contribution < 1.29 is 14.3 Å². The molecule has 0 fully saturated rings. The largest absolute Gasteiger partial charge is 0.452 e. The summed E-state index contributed by atoms with van der Waals surface area (Å²) in [4.78, 5) is 37.8. The van der Waals surface area contributed by atoms with Crippen LogP contribution in [0, 0.1) is 0 Å². The number of esters is 1. The van der Waals surface area contributed by atoms with Crippen molar-refractivity contribution in [1.29, 1.82) is 0 Å². The molecule has 0 saturated heterocycles. The Morgan fingerprint density at radius 2 is 1.50 bits per heavy atom. The molecule has 1 aromatic heterocycles. The summed E-state index contributed by atoms with van der Waals surface area (Å²) in [6, 6.07) is 20.4. The van der Waals surface area contributed by atoms with Crippen LogP contribution in [0.2, 0.25) is 0 Å². The molecule has 1 aliphatic rings. The second kappa shape index (κ2) is 7.61. The van der Waals surface area contributed by atoms with Gasteiger partial charge in [-0.2, -0.15) is 0 Å². The van der Waals surface area contributed by atoms with E-state index in [0.717, 1.165) is 21.2 Å². The maximum atomic E-state index is 13.1. The molecule has 0 unspecified atom stereocenters. The van der Waals surface area contributed by atoms with E-state index >= 15 is 0 Å². The lowest BCUT2D eigenvalue weighted by Crippen LogP contribution is -2.32. The minimum absolute atomic E-state index is 0.281. The van der Waals surface area contributed by atoms with Gasteiger partial charge in [0, 0.05) is 22.2 Å². The molecule has 0 bridgehead atoms. The second-order valence-electron chi connectivity index (χ2n) is 6.57. The van der Waals surface area contributed by atoms with Crippen LogP contribution < -0.4 is 4.90 Å². The molecule has 30 heavy (non-hydrogen) atoms. The Balaban J connectivity index is 1.42. The number of hydrogen-bond donors (Lipinski definition) is 0. The first-order chi connectivity index (χ1) is 14.7. The molecule has 5 rings (SSSR count). The first-order valence-corrected chi connectivity index (χ1v) is 10.1. The Bertz CT molecular complexity index is 1240. The Kier molecular flexibility index (Phi) is 4.65. The average molecular weight is 413 g/mol. The van der Waals surface area contributed by atoms with Crippen LogP contribution in [0.4, 0.5) is 11.4 Å². The van der Waals surface area contributed by atoms with Crippen LogP contribution in [0.3, 0.4) is 0 Å². The number of aromatic nitrogens is 2. The van der Waals surface area contributed by atoms with Crippen molar-refractivity contribution in [1.82, 2.24) is 9.97 Å². The molecule has 0 spiro atoms. The van der Waals surface area contributed by atoms with Gasteiger partial charge >= 0.3 is 5.97 Å². The number of ether oxygens (including phenoxy) is 1. The van der Waals surface area contributed by atoms with Crippen LogP contribution in [-0.4, -0.2) is 28.5 Å². The van der Waals surface area contributed by atoms with Crippen molar-refractivity contribution in [3.8, 4) is 0 Å². The Morgan fingerprint density at radius 3 is 2.23 bits per heavy atom. The van der Waals surface area contributed by atoms with Crippen LogP contribution in [0.5, 0.6) is 0 Å². The van der Waals surface area contributed by atoms with E-state index in [-0.39, 0.29) is 18.1 Å². The summed E-state index contributed by atoms with van der Waals surface area (Å²) >= 11 is 1.61. The van der Waals surface area contributed by atoms with Crippen LogP contribution in [0.15, 0.2) is 88.9 Å². The number of benzene rings is 3. The summed E-state index contributed by atoms with van der Waals surface area (Å²) in [5.41, 5.74) is 2.87. The third-order valence-corrected chi connectivity index (χ3v) is 5.86. The van der Waals surface area contributed by atoms with E-state index < -0.39 is 5.97 Å². The van der Waals surface area contributed by atoms with Crippen LogP contribution in [0.1, 0.15) is 10.4 Å². The van der Waals surface area contributed by atoms with Gasteiger partial charge in [-0.1, -0.05) is 42.1 Å². The van der Waals surface area contributed by atoms with Crippen molar-refractivity contribution in [2.24, 2.45) is 0 Å². The zero-order valence-electron chi connectivity index (χ0n) is 15.7. The van der Waals surface area contributed by atoms with Gasteiger partial charge in [-0.3, -0.25) is 19.7 Å². The molecule has 4 aromatic rings. The van der Waals surface area contributed by atoms with Gasteiger partial charge in [0.25, 0.3) is 5.91 Å². The van der Waals surface area contributed by atoms with E-state index in [4.69, 9.17) is 4.74 Å². The van der Waals surface area contributed by atoms with Gasteiger partial charge in [0.15, 0.2) is 6.61 Å². The molecule has 0 radical (unpaired) electrons. The topological polar surface area (TPSA) is 72.4 Å². The number of anilines is 2. The van der Waals surface area contributed by atoms with E-state index in [1.807, 2.05) is 48.5 Å². The maximum absolute atomic E-state index is 13.1. The number of fused-ring (bicyclic) bond motifs is 3. The molecule has 0 saturated carbocycles. The van der Waals surface area contributed by atoms with Gasteiger partial charge in [-0.05, 0) is 36.4 Å². The van der Waals surface area contributed by atoms with Crippen molar-refractivity contribution in [3.05, 3.63) is 84.7 Å². The zero-order valence-corrected chi connectivity index (χ0v) is 16.5. The third kappa shape index (κ3) is 3.19. The number of amides is 1. The Hall–Kier alpha value is -3.71. The summed E-state index contributed by atoms with van der Waals surface area (Å²) in [5, 5.41) is 0. The van der Waals surface area contributed by atoms with E-state index in [9.17, 15) is 9.59 Å². The van der Waals surface area contributed by atoms with Gasteiger partial charge in [-0.25, -0.2) is 4.79 Å². The number of nitrogens with zero attached hydrogens (tertiary/aromatic N) is 3. The molecule has 3 aromatic carbocycles. The minimum atomic E-state index is -0.609. The van der Waals surface area contributed by atoms with Crippen LogP contribution in [0.25, 0.3) is 11.0 Å². The molecule has 1 amide bonds. The molecule has 6 nitrogen and oxygen atoms in total. The number of carbonyl (C=O) groups excluding carboxylic acids is 2. The first kappa shape index (κ1) is 18.3. The molecule has 2 heterocycles. The summed E-state index contributed by atoms with van der Waals surface area (Å²) in [5.74, 6) is -0.933. The molecular weight excluding hydrogens is 398 g/mol. The fraction of sp³-hybridized carbons (Fsp3) is 0.0435. The molecular formula is C23H15N3O3S. The van der Waals surface area contributed by atoms with Gasteiger partial charge < -0.3 is 4.74 Å². The molecule has 7 heteroatoms. The standard InChI is InChI=1S/C23H15N3O3S/c27-21(14-29-23(28)15-6-5-7-16-22(15)25-13-12-24-16)26-17-8-1-3-10-19(17)30-20-11-4-2-9-18(20)26/h1-13H,14H2. The average Bonchev–Trinajstić information content (AvgIpc) is 2.80. The van der Waals surface area contributed by atoms with E-state index in [0.29, 0.717) is 11.0 Å². The van der Waals surface area contributed by atoms with Crippen molar-refractivity contribution in [3.63, 3.8) is 0 Å². The highest BCUT2D eigenvalue weighted by Gasteiger charge is 2.28. The summed E-state index contributed by atoms with van der Waals surface area (Å²) in [6.45, 7) is -0.386. The van der Waals surface area contributed by atoms with Gasteiger partial charge in [0.1, 0.15) is 5.52 Å². The second-order valence-corrected chi connectivity index (χ2v) is 7.66. The van der Waals surface area contributed by atoms with E-state index in [2.05, 4.69) is 9.97 Å². The summed E-state index contributed by atoms with van der Waals surface area (Å²) in [6.07, 6.45) is 3.08. The van der Waals surface area contributed by atoms with Gasteiger partial charge in [0.2, 0.25) is 0 Å². The lowest BCUT2D eigenvalue weighted by atomic mass is 10.2. The highest BCUT2D eigenvalue weighted by Crippen LogP contribution is 2.47. The van der Waals surface area contributed by atoms with Crippen LogP contribution in [-0.2, 0) is 9.53 Å². The zero-order chi connectivity index (χ0) is 20.5. The number of rotatable bonds is 3. The fourth-order valence-corrected chi connectivity index (χ4v) is 4.46.